The summed E-state index contributed by atoms with van der Waals surface area (Å²) < 4.78 is 31.6. The third kappa shape index (κ3) is 4.47. The van der Waals surface area contributed by atoms with Gasteiger partial charge in [0.05, 0.1) is 21.1 Å². The average molecular weight is 476 g/mol. The largest absolute Gasteiger partial charge is 0.478 e. The van der Waals surface area contributed by atoms with Gasteiger partial charge < -0.3 is 5.11 Å². The van der Waals surface area contributed by atoms with Crippen molar-refractivity contribution < 1.29 is 18.3 Å². The molecule has 7 heteroatoms. The van der Waals surface area contributed by atoms with Gasteiger partial charge in [-0.3, -0.25) is 0 Å². The Morgan fingerprint density at radius 3 is 2.42 bits per heavy atom. The molecule has 1 fully saturated rings. The van der Waals surface area contributed by atoms with E-state index in [-0.39, 0.29) is 22.1 Å². The van der Waals surface area contributed by atoms with Crippen LogP contribution in [0, 0.1) is 0 Å². The van der Waals surface area contributed by atoms with Crippen molar-refractivity contribution in [2.45, 2.75) is 29.4 Å². The first kappa shape index (κ1) is 21.6. The molecular weight excluding hydrogens is 454 g/mol. The fourth-order valence-electron chi connectivity index (χ4n) is 4.08. The van der Waals surface area contributed by atoms with Crippen LogP contribution in [-0.4, -0.2) is 23.9 Å². The van der Waals surface area contributed by atoms with Gasteiger partial charge in [0.25, 0.3) is 0 Å². The lowest BCUT2D eigenvalue weighted by atomic mass is 9.98. The zero-order valence-corrected chi connectivity index (χ0v) is 19.3. The van der Waals surface area contributed by atoms with Gasteiger partial charge in [0.2, 0.25) is 0 Å². The number of carbonyl (C=O) groups is 1. The van der Waals surface area contributed by atoms with Crippen molar-refractivity contribution in [3.8, 4) is 21.6 Å². The third-order valence-corrected chi connectivity index (χ3v) is 8.38. The van der Waals surface area contributed by atoms with E-state index < -0.39 is 15.8 Å². The van der Waals surface area contributed by atoms with Crippen LogP contribution in [0.1, 0.15) is 40.2 Å². The van der Waals surface area contributed by atoms with Crippen molar-refractivity contribution in [2.24, 2.45) is 0 Å². The molecule has 0 saturated heterocycles. The SMILES string of the molecule is O=C(O)c1ccc(C2CC2)c(S(=O)(=O)Cc2cc(-c3ccns3)ccc2-c2ccccc2)c1. The number of aromatic nitrogens is 1. The minimum atomic E-state index is -3.80. The van der Waals surface area contributed by atoms with Crippen LogP contribution in [0.4, 0.5) is 0 Å². The van der Waals surface area contributed by atoms with Crippen molar-refractivity contribution in [1.82, 2.24) is 4.37 Å². The van der Waals surface area contributed by atoms with Gasteiger partial charge in [-0.15, -0.1) is 0 Å². The normalized spacial score (nSPS) is 13.7. The summed E-state index contributed by atoms with van der Waals surface area (Å²) in [7, 11) is -3.80. The maximum Gasteiger partial charge on any atom is 0.335 e. The Labute approximate surface area is 196 Å². The van der Waals surface area contributed by atoms with E-state index in [2.05, 4.69) is 4.37 Å². The third-order valence-electron chi connectivity index (χ3n) is 5.87. The maximum atomic E-state index is 13.7. The van der Waals surface area contributed by atoms with Gasteiger partial charge in [0, 0.05) is 6.20 Å². The van der Waals surface area contributed by atoms with Crippen LogP contribution in [0.2, 0.25) is 0 Å². The van der Waals surface area contributed by atoms with Crippen LogP contribution in [0.3, 0.4) is 0 Å². The number of benzene rings is 3. The summed E-state index contributed by atoms with van der Waals surface area (Å²) in [5.74, 6) is -1.17. The van der Waals surface area contributed by atoms with Gasteiger partial charge in [-0.2, -0.15) is 0 Å². The number of hydrogen-bond acceptors (Lipinski definition) is 5. The van der Waals surface area contributed by atoms with E-state index in [1.54, 1.807) is 12.3 Å². The van der Waals surface area contributed by atoms with Crippen molar-refractivity contribution in [3.63, 3.8) is 0 Å². The zero-order chi connectivity index (χ0) is 23.0. The molecule has 0 atom stereocenters. The summed E-state index contributed by atoms with van der Waals surface area (Å²) in [5.41, 5.74) is 4.06. The predicted octanol–water partition coefficient (Wildman–Crippen LogP) is 6.03. The second-order valence-corrected chi connectivity index (χ2v) is 11.0. The first-order valence-corrected chi connectivity index (χ1v) is 13.0. The first-order chi connectivity index (χ1) is 15.9. The molecular formula is C26H21NO4S2. The molecule has 0 aliphatic heterocycles. The second kappa shape index (κ2) is 8.57. The van der Waals surface area contributed by atoms with Crippen LogP contribution in [0.25, 0.3) is 21.6 Å². The quantitative estimate of drug-likeness (QED) is 0.353. The Kier molecular flexibility index (Phi) is 5.60. The van der Waals surface area contributed by atoms with E-state index in [0.717, 1.165) is 40.0 Å². The minimum absolute atomic E-state index is 0.0142. The molecule has 1 aromatic heterocycles. The van der Waals surface area contributed by atoms with E-state index in [1.807, 2.05) is 54.6 Å². The molecule has 1 aliphatic rings. The molecule has 166 valence electrons. The number of rotatable bonds is 7. The van der Waals surface area contributed by atoms with E-state index in [0.29, 0.717) is 5.56 Å². The Morgan fingerprint density at radius 1 is 0.970 bits per heavy atom. The highest BCUT2D eigenvalue weighted by atomic mass is 32.2. The molecule has 1 heterocycles. The van der Waals surface area contributed by atoms with Crippen LogP contribution >= 0.6 is 11.5 Å². The average Bonchev–Trinajstić information content (AvgIpc) is 3.52. The molecule has 1 saturated carbocycles. The molecule has 0 amide bonds. The summed E-state index contributed by atoms with van der Waals surface area (Å²) in [4.78, 5) is 12.6. The van der Waals surface area contributed by atoms with E-state index in [1.165, 1.54) is 23.7 Å². The van der Waals surface area contributed by atoms with Crippen LogP contribution in [0.5, 0.6) is 0 Å². The lowest BCUT2D eigenvalue weighted by Crippen LogP contribution is -2.11. The molecule has 4 aromatic rings. The highest BCUT2D eigenvalue weighted by molar-refractivity contribution is 7.90. The topological polar surface area (TPSA) is 84.3 Å². The summed E-state index contributed by atoms with van der Waals surface area (Å²) in [6.07, 6.45) is 3.57. The van der Waals surface area contributed by atoms with E-state index in [9.17, 15) is 18.3 Å². The van der Waals surface area contributed by atoms with Gasteiger partial charge in [-0.25, -0.2) is 17.6 Å². The number of nitrogens with zero attached hydrogens (tertiary/aromatic N) is 1. The fraction of sp³-hybridized carbons (Fsp3) is 0.154. The molecule has 5 nitrogen and oxygen atoms in total. The van der Waals surface area contributed by atoms with E-state index >= 15 is 0 Å². The summed E-state index contributed by atoms with van der Waals surface area (Å²) >= 11 is 1.36. The second-order valence-electron chi connectivity index (χ2n) is 8.21. The number of carboxylic acid groups (broad SMARTS) is 1. The van der Waals surface area contributed by atoms with Crippen LogP contribution < -0.4 is 0 Å². The van der Waals surface area contributed by atoms with Gasteiger partial charge >= 0.3 is 5.97 Å². The Hall–Kier alpha value is -3.29. The van der Waals surface area contributed by atoms with Crippen LogP contribution in [0.15, 0.2) is 83.9 Å². The molecule has 0 unspecified atom stereocenters. The zero-order valence-electron chi connectivity index (χ0n) is 17.6. The van der Waals surface area contributed by atoms with Gasteiger partial charge in [0.15, 0.2) is 9.84 Å². The number of sulfone groups is 1. The van der Waals surface area contributed by atoms with Crippen molar-refractivity contribution in [2.75, 3.05) is 0 Å². The van der Waals surface area contributed by atoms with E-state index in [4.69, 9.17) is 0 Å². The Morgan fingerprint density at radius 2 is 1.76 bits per heavy atom. The lowest BCUT2D eigenvalue weighted by Gasteiger charge is -2.15. The van der Waals surface area contributed by atoms with Crippen molar-refractivity contribution >= 4 is 27.3 Å². The monoisotopic (exact) mass is 475 g/mol. The van der Waals surface area contributed by atoms with Crippen LogP contribution in [-0.2, 0) is 15.6 Å². The highest BCUT2D eigenvalue weighted by Gasteiger charge is 2.31. The van der Waals surface area contributed by atoms with Gasteiger partial charge in [-0.1, -0.05) is 48.5 Å². The Balaban J connectivity index is 1.63. The molecule has 3 aromatic carbocycles. The highest BCUT2D eigenvalue weighted by Crippen LogP contribution is 2.44. The molecule has 33 heavy (non-hydrogen) atoms. The van der Waals surface area contributed by atoms with Gasteiger partial charge in [0.1, 0.15) is 0 Å². The maximum absolute atomic E-state index is 13.7. The summed E-state index contributed by atoms with van der Waals surface area (Å²) in [6.45, 7) is 0. The number of aromatic carboxylic acids is 1. The van der Waals surface area contributed by atoms with Gasteiger partial charge in [-0.05, 0) is 82.4 Å². The lowest BCUT2D eigenvalue weighted by molar-refractivity contribution is 0.0696. The molecule has 0 radical (unpaired) electrons. The molecule has 0 bridgehead atoms. The molecule has 1 aliphatic carbocycles. The minimum Gasteiger partial charge on any atom is -0.478 e. The summed E-state index contributed by atoms with van der Waals surface area (Å²) in [5, 5.41) is 9.45. The fourth-order valence-corrected chi connectivity index (χ4v) is 6.37. The van der Waals surface area contributed by atoms with Crippen molar-refractivity contribution in [3.05, 3.63) is 95.7 Å². The smallest absolute Gasteiger partial charge is 0.335 e. The van der Waals surface area contributed by atoms with Crippen molar-refractivity contribution in [1.29, 1.82) is 0 Å². The molecule has 1 N–H and O–H groups in total. The Bertz CT molecular complexity index is 1420. The summed E-state index contributed by atoms with van der Waals surface area (Å²) in [6, 6.07) is 21.9. The number of carboxylic acids is 1. The standard InChI is InChI=1S/C26H21NO4S2/c28-26(29)20-9-11-23(18-6-7-18)25(15-20)33(30,31)16-21-14-19(24-12-13-27-32-24)8-10-22(21)17-4-2-1-3-5-17/h1-5,8-15,18H,6-7,16H2,(H,28,29). The number of hydrogen-bond donors (Lipinski definition) is 1. The first-order valence-electron chi connectivity index (χ1n) is 10.6. The molecule has 0 spiro atoms. The predicted molar refractivity (Wildman–Crippen MR) is 129 cm³/mol. The molecule has 5 rings (SSSR count).